The SMILES string of the molecule is CCOC(=O)C=C(O)c1cccc(S(=O)(=O)F)c1. The maximum Gasteiger partial charge on any atom is 0.334 e. The van der Waals surface area contributed by atoms with Gasteiger partial charge in [0, 0.05) is 5.56 Å². The molecule has 1 N–H and O–H groups in total. The van der Waals surface area contributed by atoms with Crippen LogP contribution in [-0.4, -0.2) is 26.1 Å². The van der Waals surface area contributed by atoms with E-state index in [0.717, 1.165) is 18.2 Å². The Labute approximate surface area is 104 Å². The van der Waals surface area contributed by atoms with Crippen LogP contribution in [-0.2, 0) is 19.8 Å². The lowest BCUT2D eigenvalue weighted by Crippen LogP contribution is -2.01. The van der Waals surface area contributed by atoms with Gasteiger partial charge in [0.15, 0.2) is 0 Å². The summed E-state index contributed by atoms with van der Waals surface area (Å²) in [5.74, 6) is -1.28. The third kappa shape index (κ3) is 3.85. The molecular weight excluding hydrogens is 263 g/mol. The van der Waals surface area contributed by atoms with Gasteiger partial charge in [0.1, 0.15) is 5.76 Å². The van der Waals surface area contributed by atoms with Crippen molar-refractivity contribution < 1.29 is 26.9 Å². The summed E-state index contributed by atoms with van der Waals surface area (Å²) in [6, 6.07) is 4.54. The Bertz CT molecular complexity index is 577. The number of aliphatic hydroxyl groups excluding tert-OH is 1. The van der Waals surface area contributed by atoms with E-state index < -0.39 is 26.8 Å². The summed E-state index contributed by atoms with van der Waals surface area (Å²) in [4.78, 5) is 10.5. The zero-order valence-electron chi connectivity index (χ0n) is 9.46. The van der Waals surface area contributed by atoms with Crippen molar-refractivity contribution in [2.45, 2.75) is 11.8 Å². The highest BCUT2D eigenvalue weighted by molar-refractivity contribution is 7.86. The second kappa shape index (κ2) is 5.63. The summed E-state index contributed by atoms with van der Waals surface area (Å²) in [5.41, 5.74) is 0.00165. The van der Waals surface area contributed by atoms with Gasteiger partial charge in [-0.15, -0.1) is 3.89 Å². The van der Waals surface area contributed by atoms with Crippen LogP contribution in [0.4, 0.5) is 3.89 Å². The molecular formula is C11H11FO5S. The van der Waals surface area contributed by atoms with Gasteiger partial charge in [-0.05, 0) is 19.1 Å². The third-order valence-corrected chi connectivity index (χ3v) is 2.77. The van der Waals surface area contributed by atoms with Crippen molar-refractivity contribution >= 4 is 22.0 Å². The van der Waals surface area contributed by atoms with Gasteiger partial charge in [0.2, 0.25) is 0 Å². The zero-order valence-corrected chi connectivity index (χ0v) is 10.3. The van der Waals surface area contributed by atoms with Crippen molar-refractivity contribution in [3.05, 3.63) is 35.9 Å². The Kier molecular flexibility index (Phi) is 4.43. The first-order valence-electron chi connectivity index (χ1n) is 4.97. The number of esters is 1. The van der Waals surface area contributed by atoms with Crippen LogP contribution in [0.5, 0.6) is 0 Å². The number of benzene rings is 1. The molecule has 0 amide bonds. The first-order valence-corrected chi connectivity index (χ1v) is 6.35. The monoisotopic (exact) mass is 274 g/mol. The van der Waals surface area contributed by atoms with Crippen molar-refractivity contribution in [2.75, 3.05) is 6.61 Å². The fraction of sp³-hybridized carbons (Fsp3) is 0.182. The van der Waals surface area contributed by atoms with Gasteiger partial charge in [-0.2, -0.15) is 8.42 Å². The Balaban J connectivity index is 3.08. The predicted molar refractivity (Wildman–Crippen MR) is 62.0 cm³/mol. The van der Waals surface area contributed by atoms with E-state index in [1.807, 2.05) is 0 Å². The lowest BCUT2D eigenvalue weighted by atomic mass is 10.2. The fourth-order valence-corrected chi connectivity index (χ4v) is 1.69. The standard InChI is InChI=1S/C11H11FO5S/c1-2-17-11(14)7-10(13)8-4-3-5-9(6-8)18(12,15)16/h3-7,13H,2H2,1H3. The summed E-state index contributed by atoms with van der Waals surface area (Å²) in [6.07, 6.45) is 0.785. The Hall–Kier alpha value is -1.89. The third-order valence-electron chi connectivity index (χ3n) is 1.95. The molecule has 0 atom stereocenters. The molecule has 1 aromatic carbocycles. The molecule has 1 rings (SSSR count). The molecule has 0 saturated carbocycles. The molecule has 0 aliphatic heterocycles. The van der Waals surface area contributed by atoms with E-state index in [2.05, 4.69) is 4.74 Å². The van der Waals surface area contributed by atoms with E-state index >= 15 is 0 Å². The lowest BCUT2D eigenvalue weighted by molar-refractivity contribution is -0.137. The number of aliphatic hydroxyl groups is 1. The Morgan fingerprint density at radius 3 is 2.72 bits per heavy atom. The largest absolute Gasteiger partial charge is 0.507 e. The van der Waals surface area contributed by atoms with Crippen LogP contribution in [0.1, 0.15) is 12.5 Å². The van der Waals surface area contributed by atoms with E-state index in [9.17, 15) is 22.2 Å². The summed E-state index contributed by atoms with van der Waals surface area (Å²) in [7, 11) is -4.85. The van der Waals surface area contributed by atoms with Gasteiger partial charge in [0.25, 0.3) is 0 Å². The molecule has 0 aliphatic carbocycles. The highest BCUT2D eigenvalue weighted by Crippen LogP contribution is 2.18. The van der Waals surface area contributed by atoms with E-state index in [1.165, 1.54) is 12.1 Å². The second-order valence-electron chi connectivity index (χ2n) is 3.25. The van der Waals surface area contributed by atoms with Crippen LogP contribution in [0.25, 0.3) is 5.76 Å². The van der Waals surface area contributed by atoms with Crippen molar-refractivity contribution in [1.29, 1.82) is 0 Å². The van der Waals surface area contributed by atoms with Crippen molar-refractivity contribution in [2.24, 2.45) is 0 Å². The molecule has 0 unspecified atom stereocenters. The van der Waals surface area contributed by atoms with E-state index in [-0.39, 0.29) is 12.2 Å². The number of carbonyl (C=O) groups is 1. The predicted octanol–water partition coefficient (Wildman–Crippen LogP) is 1.81. The molecule has 0 radical (unpaired) electrons. The summed E-state index contributed by atoms with van der Waals surface area (Å²) >= 11 is 0. The van der Waals surface area contributed by atoms with Gasteiger partial charge in [0.05, 0.1) is 17.6 Å². The van der Waals surface area contributed by atoms with E-state index in [0.29, 0.717) is 0 Å². The molecule has 18 heavy (non-hydrogen) atoms. The Morgan fingerprint density at radius 2 is 2.17 bits per heavy atom. The number of carbonyl (C=O) groups excluding carboxylic acids is 1. The lowest BCUT2D eigenvalue weighted by Gasteiger charge is -2.02. The highest BCUT2D eigenvalue weighted by Gasteiger charge is 2.13. The summed E-state index contributed by atoms with van der Waals surface area (Å²) in [5, 5.41) is 9.55. The molecule has 0 heterocycles. The number of halogens is 1. The molecule has 7 heteroatoms. The summed E-state index contributed by atoms with van der Waals surface area (Å²) < 4.78 is 38.6. The van der Waals surface area contributed by atoms with Crippen LogP contribution in [0.15, 0.2) is 35.2 Å². The average Bonchev–Trinajstić information content (AvgIpc) is 2.28. The first kappa shape index (κ1) is 14.2. The molecule has 0 saturated heterocycles. The fourth-order valence-electron chi connectivity index (χ4n) is 1.19. The van der Waals surface area contributed by atoms with Crippen molar-refractivity contribution in [3.63, 3.8) is 0 Å². The molecule has 0 spiro atoms. The molecule has 98 valence electrons. The molecule has 1 aromatic rings. The number of rotatable bonds is 4. The van der Waals surface area contributed by atoms with Gasteiger partial charge >= 0.3 is 16.2 Å². The van der Waals surface area contributed by atoms with Crippen LogP contribution < -0.4 is 0 Å². The van der Waals surface area contributed by atoms with Gasteiger partial charge in [-0.25, -0.2) is 4.79 Å². The van der Waals surface area contributed by atoms with Gasteiger partial charge in [-0.1, -0.05) is 12.1 Å². The van der Waals surface area contributed by atoms with E-state index in [1.54, 1.807) is 6.92 Å². The first-order chi connectivity index (χ1) is 8.34. The summed E-state index contributed by atoms with van der Waals surface area (Å²) in [6.45, 7) is 1.74. The Morgan fingerprint density at radius 1 is 1.50 bits per heavy atom. The van der Waals surface area contributed by atoms with Gasteiger partial charge in [-0.3, -0.25) is 0 Å². The van der Waals surface area contributed by atoms with Crippen LogP contribution in [0, 0.1) is 0 Å². The number of hydrogen-bond donors (Lipinski definition) is 1. The molecule has 0 fully saturated rings. The van der Waals surface area contributed by atoms with Crippen molar-refractivity contribution in [1.82, 2.24) is 0 Å². The maximum atomic E-state index is 12.7. The quantitative estimate of drug-likeness (QED) is 0.392. The topological polar surface area (TPSA) is 80.7 Å². The number of hydrogen-bond acceptors (Lipinski definition) is 5. The van der Waals surface area contributed by atoms with Gasteiger partial charge < -0.3 is 9.84 Å². The molecule has 5 nitrogen and oxygen atoms in total. The molecule has 0 bridgehead atoms. The van der Waals surface area contributed by atoms with Crippen LogP contribution in [0.3, 0.4) is 0 Å². The normalized spacial score (nSPS) is 12.2. The minimum Gasteiger partial charge on any atom is -0.507 e. The van der Waals surface area contributed by atoms with Crippen LogP contribution >= 0.6 is 0 Å². The zero-order chi connectivity index (χ0) is 13.8. The van der Waals surface area contributed by atoms with Crippen molar-refractivity contribution in [3.8, 4) is 0 Å². The van der Waals surface area contributed by atoms with E-state index in [4.69, 9.17) is 0 Å². The number of ether oxygens (including phenoxy) is 1. The highest BCUT2D eigenvalue weighted by atomic mass is 32.3. The average molecular weight is 274 g/mol. The van der Waals surface area contributed by atoms with Crippen LogP contribution in [0.2, 0.25) is 0 Å². The molecule has 0 aromatic heterocycles. The molecule has 0 aliphatic rings. The maximum absolute atomic E-state index is 12.7. The minimum atomic E-state index is -4.85. The smallest absolute Gasteiger partial charge is 0.334 e. The minimum absolute atomic E-state index is 0.00165. The second-order valence-corrected chi connectivity index (χ2v) is 4.59.